The molecule has 0 saturated carbocycles. The van der Waals surface area contributed by atoms with Gasteiger partial charge in [-0.3, -0.25) is 9.59 Å². The van der Waals surface area contributed by atoms with Crippen molar-refractivity contribution in [1.82, 2.24) is 10.6 Å². The van der Waals surface area contributed by atoms with E-state index in [9.17, 15) is 14.4 Å². The van der Waals surface area contributed by atoms with Crippen molar-refractivity contribution in [2.45, 2.75) is 31.5 Å². The molecule has 0 spiro atoms. The zero-order valence-corrected chi connectivity index (χ0v) is 25.4. The number of benzene rings is 5. The molecule has 7 heteroatoms. The third-order valence-electron chi connectivity index (χ3n) is 7.36. The van der Waals surface area contributed by atoms with E-state index in [4.69, 9.17) is 9.47 Å². The van der Waals surface area contributed by atoms with Crippen LogP contribution in [0.25, 0.3) is 0 Å². The van der Waals surface area contributed by atoms with Crippen LogP contribution >= 0.6 is 0 Å². The molecule has 5 rings (SSSR count). The number of amides is 2. The predicted octanol–water partition coefficient (Wildman–Crippen LogP) is 6.19. The van der Waals surface area contributed by atoms with Gasteiger partial charge < -0.3 is 20.1 Å². The number of esters is 1. The van der Waals surface area contributed by atoms with Crippen molar-refractivity contribution in [3.63, 3.8) is 0 Å². The number of para-hydroxylation sites is 1. The number of rotatable bonds is 14. The summed E-state index contributed by atoms with van der Waals surface area (Å²) in [5.41, 5.74) is 3.62. The maximum Gasteiger partial charge on any atom is 0.329 e. The van der Waals surface area contributed by atoms with E-state index in [1.54, 1.807) is 48.5 Å². The van der Waals surface area contributed by atoms with Gasteiger partial charge in [0.1, 0.15) is 25.0 Å². The third kappa shape index (κ3) is 9.40. The second kappa shape index (κ2) is 16.4. The summed E-state index contributed by atoms with van der Waals surface area (Å²) in [5.74, 6) is -0.923. The molecule has 232 valence electrons. The molecule has 0 aliphatic heterocycles. The Balaban J connectivity index is 1.30. The fraction of sp³-hybridized carbons (Fsp3) is 0.154. The van der Waals surface area contributed by atoms with Gasteiger partial charge in [0.15, 0.2) is 0 Å². The van der Waals surface area contributed by atoms with E-state index < -0.39 is 24.0 Å². The van der Waals surface area contributed by atoms with Crippen molar-refractivity contribution < 1.29 is 23.9 Å². The number of carbonyl (C=O) groups excluding carboxylic acids is 3. The first-order valence-corrected chi connectivity index (χ1v) is 15.2. The standard InChI is InChI=1S/C39H36N2O5/c42-37(32-21-11-4-12-22-32)40-33(25-29-15-5-1-6-16-29)28-46-39(44)35(26-30-17-7-2-8-18-30)41-38(43)34-23-13-14-24-36(34)45-27-31-19-9-3-10-20-31/h1-24,33,35H,25-28H2,(H,40,42)(H,41,43)/t33-,35-/m1/s1. The summed E-state index contributed by atoms with van der Waals surface area (Å²) in [7, 11) is 0. The molecule has 7 nitrogen and oxygen atoms in total. The summed E-state index contributed by atoms with van der Waals surface area (Å²) in [5, 5.41) is 5.89. The monoisotopic (exact) mass is 612 g/mol. The molecule has 0 radical (unpaired) electrons. The van der Waals surface area contributed by atoms with E-state index in [0.29, 0.717) is 23.3 Å². The zero-order chi connectivity index (χ0) is 32.0. The van der Waals surface area contributed by atoms with Crippen LogP contribution < -0.4 is 15.4 Å². The van der Waals surface area contributed by atoms with Crippen LogP contribution in [0.15, 0.2) is 146 Å². The SMILES string of the molecule is O=C(N[C@@H](COC(=O)[C@@H](Cc1ccccc1)NC(=O)c1ccccc1OCc1ccccc1)Cc1ccccc1)c1ccccc1. The molecule has 0 bridgehead atoms. The van der Waals surface area contributed by atoms with E-state index in [1.807, 2.05) is 97.1 Å². The summed E-state index contributed by atoms with van der Waals surface area (Å²) >= 11 is 0. The molecule has 0 saturated heterocycles. The van der Waals surface area contributed by atoms with Gasteiger partial charge in [-0.2, -0.15) is 0 Å². The highest BCUT2D eigenvalue weighted by Crippen LogP contribution is 2.20. The largest absolute Gasteiger partial charge is 0.488 e. The maximum atomic E-state index is 13.6. The summed E-state index contributed by atoms with van der Waals surface area (Å²) in [6.45, 7) is 0.211. The van der Waals surface area contributed by atoms with Gasteiger partial charge in [-0.25, -0.2) is 4.79 Å². The van der Waals surface area contributed by atoms with Gasteiger partial charge in [0.2, 0.25) is 0 Å². The van der Waals surface area contributed by atoms with E-state index in [0.717, 1.165) is 16.7 Å². The summed E-state index contributed by atoms with van der Waals surface area (Å²) in [6.07, 6.45) is 0.673. The zero-order valence-electron chi connectivity index (χ0n) is 25.4. The van der Waals surface area contributed by atoms with Gasteiger partial charge in [0, 0.05) is 12.0 Å². The van der Waals surface area contributed by atoms with Gasteiger partial charge in [0.25, 0.3) is 11.8 Å². The Hall–Kier alpha value is -5.69. The van der Waals surface area contributed by atoms with Crippen molar-refractivity contribution in [1.29, 1.82) is 0 Å². The first kappa shape index (κ1) is 31.7. The molecule has 0 heterocycles. The molecular weight excluding hydrogens is 576 g/mol. The van der Waals surface area contributed by atoms with E-state index >= 15 is 0 Å². The van der Waals surface area contributed by atoms with Crippen molar-refractivity contribution in [3.05, 3.63) is 173 Å². The number of hydrogen-bond donors (Lipinski definition) is 2. The lowest BCUT2D eigenvalue weighted by Crippen LogP contribution is -2.46. The van der Waals surface area contributed by atoms with Crippen LogP contribution in [0.5, 0.6) is 5.75 Å². The average molecular weight is 613 g/mol. The molecule has 0 unspecified atom stereocenters. The molecule has 5 aromatic rings. The molecule has 0 aromatic heterocycles. The Morgan fingerprint density at radius 2 is 1.07 bits per heavy atom. The quantitative estimate of drug-likeness (QED) is 0.146. The van der Waals surface area contributed by atoms with Crippen LogP contribution in [0, 0.1) is 0 Å². The molecule has 0 fully saturated rings. The van der Waals surface area contributed by atoms with Crippen LogP contribution in [-0.4, -0.2) is 36.5 Å². The lowest BCUT2D eigenvalue weighted by Gasteiger charge is -2.22. The highest BCUT2D eigenvalue weighted by Gasteiger charge is 2.26. The van der Waals surface area contributed by atoms with Gasteiger partial charge in [-0.15, -0.1) is 0 Å². The lowest BCUT2D eigenvalue weighted by atomic mass is 10.0. The maximum absolute atomic E-state index is 13.6. The van der Waals surface area contributed by atoms with Gasteiger partial charge >= 0.3 is 5.97 Å². The molecule has 2 N–H and O–H groups in total. The number of ether oxygens (including phenoxy) is 2. The second-order valence-electron chi connectivity index (χ2n) is 10.8. The number of carbonyl (C=O) groups is 3. The van der Waals surface area contributed by atoms with Gasteiger partial charge in [-0.1, -0.05) is 121 Å². The van der Waals surface area contributed by atoms with Crippen LogP contribution in [-0.2, 0) is 29.0 Å². The summed E-state index contributed by atoms with van der Waals surface area (Å²) < 4.78 is 11.8. The van der Waals surface area contributed by atoms with E-state index in [1.165, 1.54) is 0 Å². The fourth-order valence-electron chi connectivity index (χ4n) is 4.99. The van der Waals surface area contributed by atoms with E-state index in [2.05, 4.69) is 10.6 Å². The van der Waals surface area contributed by atoms with Crippen molar-refractivity contribution in [3.8, 4) is 5.75 Å². The molecule has 0 aliphatic rings. The molecule has 2 atom stereocenters. The smallest absolute Gasteiger partial charge is 0.329 e. The molecule has 2 amide bonds. The topological polar surface area (TPSA) is 93.7 Å². The number of hydrogen-bond acceptors (Lipinski definition) is 5. The third-order valence-corrected chi connectivity index (χ3v) is 7.36. The summed E-state index contributed by atoms with van der Waals surface area (Å²) in [4.78, 5) is 40.3. The molecule has 46 heavy (non-hydrogen) atoms. The van der Waals surface area contributed by atoms with Crippen LogP contribution in [0.2, 0.25) is 0 Å². The second-order valence-corrected chi connectivity index (χ2v) is 10.8. The van der Waals surface area contributed by atoms with Gasteiger partial charge in [-0.05, 0) is 47.4 Å². The highest BCUT2D eigenvalue weighted by atomic mass is 16.5. The normalized spacial score (nSPS) is 11.9. The van der Waals surface area contributed by atoms with Crippen molar-refractivity contribution in [2.75, 3.05) is 6.61 Å². The molecule has 0 aliphatic carbocycles. The Morgan fingerprint density at radius 3 is 1.70 bits per heavy atom. The van der Waals surface area contributed by atoms with Gasteiger partial charge in [0.05, 0.1) is 11.6 Å². The predicted molar refractivity (Wildman–Crippen MR) is 177 cm³/mol. The Kier molecular flexibility index (Phi) is 11.3. The molecule has 5 aromatic carbocycles. The van der Waals surface area contributed by atoms with Crippen molar-refractivity contribution >= 4 is 17.8 Å². The Labute approximate surface area is 269 Å². The van der Waals surface area contributed by atoms with E-state index in [-0.39, 0.29) is 25.5 Å². The minimum absolute atomic E-state index is 0.0791. The highest BCUT2D eigenvalue weighted by molar-refractivity contribution is 5.99. The minimum atomic E-state index is -0.987. The number of nitrogens with one attached hydrogen (secondary N) is 2. The molecular formula is C39H36N2O5. The Morgan fingerprint density at radius 1 is 0.543 bits per heavy atom. The summed E-state index contributed by atoms with van der Waals surface area (Å²) in [6, 6.07) is 43.1. The average Bonchev–Trinajstić information content (AvgIpc) is 3.11. The first-order chi connectivity index (χ1) is 22.5. The van der Waals surface area contributed by atoms with Crippen molar-refractivity contribution in [2.24, 2.45) is 0 Å². The lowest BCUT2D eigenvalue weighted by molar-refractivity contribution is -0.146. The van der Waals surface area contributed by atoms with Crippen LogP contribution in [0.3, 0.4) is 0 Å². The first-order valence-electron chi connectivity index (χ1n) is 15.2. The fourth-order valence-corrected chi connectivity index (χ4v) is 4.99. The minimum Gasteiger partial charge on any atom is -0.488 e. The van der Waals surface area contributed by atoms with Crippen LogP contribution in [0.4, 0.5) is 0 Å². The Bertz CT molecular complexity index is 1700. The van der Waals surface area contributed by atoms with Crippen LogP contribution in [0.1, 0.15) is 37.4 Å².